The highest BCUT2D eigenvalue weighted by Gasteiger charge is 2.26. The zero-order valence-electron chi connectivity index (χ0n) is 17.3. The van der Waals surface area contributed by atoms with Gasteiger partial charge in [0.05, 0.1) is 0 Å². The monoisotopic (exact) mass is 392 g/mol. The van der Waals surface area contributed by atoms with Gasteiger partial charge in [0.1, 0.15) is 12.1 Å². The van der Waals surface area contributed by atoms with E-state index in [4.69, 9.17) is 0 Å². The highest BCUT2D eigenvalue weighted by atomic mass is 16.4. The van der Waals surface area contributed by atoms with Gasteiger partial charge in [0.2, 0.25) is 0 Å². The van der Waals surface area contributed by atoms with E-state index >= 15 is 0 Å². The second-order valence-electron chi connectivity index (χ2n) is 8.45. The van der Waals surface area contributed by atoms with Crippen LogP contribution in [0.1, 0.15) is 63.4 Å². The van der Waals surface area contributed by atoms with Gasteiger partial charge in [-0.05, 0) is 41.9 Å². The van der Waals surface area contributed by atoms with Crippen LogP contribution in [-0.4, -0.2) is 46.7 Å². The van der Waals surface area contributed by atoms with Crippen LogP contribution in [0.25, 0.3) is 0 Å². The van der Waals surface area contributed by atoms with Crippen LogP contribution in [-0.2, 0) is 15.0 Å². The van der Waals surface area contributed by atoms with Gasteiger partial charge >= 0.3 is 11.9 Å². The lowest BCUT2D eigenvalue weighted by Gasteiger charge is -2.22. The average Bonchev–Trinajstić information content (AvgIpc) is 2.58. The molecule has 7 nitrogen and oxygen atoms in total. The molecule has 0 bridgehead atoms. The first-order chi connectivity index (χ1) is 12.9. The fraction of sp³-hybridized carbons (Fsp3) is 0.571. The summed E-state index contributed by atoms with van der Waals surface area (Å²) >= 11 is 0. The standard InChI is InChI=1S/C21H32N2O5/c1-13(2)12-17(20(27)28)23-16(19(25)26)10-11-22-18(24)14-6-8-15(9-7-14)21(3,4)5/h6-9,13,16-17,23H,10-12H2,1-5H3,(H,22,24)(H,25,26)(H,27,28)/t16-,17?/m0/s1. The van der Waals surface area contributed by atoms with Crippen LogP contribution >= 0.6 is 0 Å². The zero-order chi connectivity index (χ0) is 21.5. The largest absolute Gasteiger partial charge is 0.480 e. The maximum atomic E-state index is 12.3. The summed E-state index contributed by atoms with van der Waals surface area (Å²) in [6.07, 6.45) is 0.411. The summed E-state index contributed by atoms with van der Waals surface area (Å²) < 4.78 is 0. The molecule has 0 saturated carbocycles. The van der Waals surface area contributed by atoms with Crippen LogP contribution in [0, 0.1) is 5.92 Å². The fourth-order valence-corrected chi connectivity index (χ4v) is 2.79. The molecule has 0 saturated heterocycles. The number of carboxylic acids is 2. The van der Waals surface area contributed by atoms with Crippen molar-refractivity contribution in [2.24, 2.45) is 5.92 Å². The molecule has 156 valence electrons. The fourth-order valence-electron chi connectivity index (χ4n) is 2.79. The van der Waals surface area contributed by atoms with Gasteiger partial charge in [0.25, 0.3) is 5.91 Å². The number of aliphatic carboxylic acids is 2. The molecule has 7 heteroatoms. The quantitative estimate of drug-likeness (QED) is 0.486. The van der Waals surface area contributed by atoms with Gasteiger partial charge in [0.15, 0.2) is 0 Å². The Labute approximate surface area is 166 Å². The number of rotatable bonds is 10. The van der Waals surface area contributed by atoms with Crippen molar-refractivity contribution >= 4 is 17.8 Å². The van der Waals surface area contributed by atoms with Gasteiger partial charge in [-0.25, -0.2) is 0 Å². The highest BCUT2D eigenvalue weighted by molar-refractivity contribution is 5.94. The van der Waals surface area contributed by atoms with E-state index in [-0.39, 0.29) is 30.2 Å². The lowest BCUT2D eigenvalue weighted by atomic mass is 9.87. The summed E-state index contributed by atoms with van der Waals surface area (Å²) in [5.74, 6) is -2.40. The molecule has 4 N–H and O–H groups in total. The van der Waals surface area contributed by atoms with Gasteiger partial charge in [0, 0.05) is 12.1 Å². The molecular weight excluding hydrogens is 360 g/mol. The van der Waals surface area contributed by atoms with E-state index in [0.29, 0.717) is 12.0 Å². The third-order valence-corrected chi connectivity index (χ3v) is 4.44. The highest BCUT2D eigenvalue weighted by Crippen LogP contribution is 2.22. The van der Waals surface area contributed by atoms with Crippen molar-refractivity contribution in [2.45, 2.75) is 65.0 Å². The van der Waals surface area contributed by atoms with Crippen molar-refractivity contribution in [3.05, 3.63) is 35.4 Å². The summed E-state index contributed by atoms with van der Waals surface area (Å²) in [7, 11) is 0. The molecule has 0 heterocycles. The number of carbonyl (C=O) groups excluding carboxylic acids is 1. The van der Waals surface area contributed by atoms with Gasteiger partial charge in [-0.3, -0.25) is 19.7 Å². The number of carbonyl (C=O) groups is 3. The number of carboxylic acid groups (broad SMARTS) is 2. The minimum absolute atomic E-state index is 0.00788. The Morgan fingerprint density at radius 3 is 1.93 bits per heavy atom. The molecule has 1 aromatic carbocycles. The third-order valence-electron chi connectivity index (χ3n) is 4.44. The summed E-state index contributed by atoms with van der Waals surface area (Å²) in [4.78, 5) is 35.0. The predicted octanol–water partition coefficient (Wildman–Crippen LogP) is 2.65. The maximum Gasteiger partial charge on any atom is 0.320 e. The Hall–Kier alpha value is -2.41. The zero-order valence-corrected chi connectivity index (χ0v) is 17.3. The van der Waals surface area contributed by atoms with Gasteiger partial charge in [-0.1, -0.05) is 46.8 Å². The Balaban J connectivity index is 2.63. The summed E-state index contributed by atoms with van der Waals surface area (Å²) in [5, 5.41) is 24.0. The van der Waals surface area contributed by atoms with Crippen LogP contribution in [0.5, 0.6) is 0 Å². The molecule has 0 aromatic heterocycles. The van der Waals surface area contributed by atoms with E-state index in [1.165, 1.54) is 0 Å². The van der Waals surface area contributed by atoms with E-state index in [9.17, 15) is 24.6 Å². The molecular formula is C21H32N2O5. The normalized spacial score (nSPS) is 13.8. The van der Waals surface area contributed by atoms with Crippen LogP contribution in [0.2, 0.25) is 0 Å². The van der Waals surface area contributed by atoms with Gasteiger partial charge in [-0.15, -0.1) is 0 Å². The average molecular weight is 392 g/mol. The van der Waals surface area contributed by atoms with Crippen molar-refractivity contribution < 1.29 is 24.6 Å². The first kappa shape index (κ1) is 23.6. The molecule has 1 unspecified atom stereocenters. The van der Waals surface area contributed by atoms with Crippen LogP contribution in [0.4, 0.5) is 0 Å². The molecule has 1 amide bonds. The Morgan fingerprint density at radius 1 is 0.964 bits per heavy atom. The Kier molecular flexibility index (Phi) is 8.63. The van der Waals surface area contributed by atoms with Crippen molar-refractivity contribution in [3.8, 4) is 0 Å². The number of hydrogen-bond acceptors (Lipinski definition) is 4. The minimum atomic E-state index is -1.14. The van der Waals surface area contributed by atoms with Gasteiger partial charge < -0.3 is 15.5 Å². The minimum Gasteiger partial charge on any atom is -0.480 e. The maximum absolute atomic E-state index is 12.3. The van der Waals surface area contributed by atoms with Crippen molar-refractivity contribution in [2.75, 3.05) is 6.54 Å². The predicted molar refractivity (Wildman–Crippen MR) is 108 cm³/mol. The summed E-state index contributed by atoms with van der Waals surface area (Å²) in [5.41, 5.74) is 1.60. The van der Waals surface area contributed by atoms with E-state index < -0.39 is 24.0 Å². The SMILES string of the molecule is CC(C)CC(N[C@@H](CCNC(=O)c1ccc(C(C)(C)C)cc1)C(=O)O)C(=O)O. The second-order valence-corrected chi connectivity index (χ2v) is 8.45. The molecule has 0 radical (unpaired) electrons. The topological polar surface area (TPSA) is 116 Å². The van der Waals surface area contributed by atoms with Crippen LogP contribution in [0.15, 0.2) is 24.3 Å². The lowest BCUT2D eigenvalue weighted by Crippen LogP contribution is -2.49. The second kappa shape index (κ2) is 10.2. The smallest absolute Gasteiger partial charge is 0.320 e. The third kappa shape index (κ3) is 7.68. The van der Waals surface area contributed by atoms with Crippen molar-refractivity contribution in [1.29, 1.82) is 0 Å². The number of amides is 1. The van der Waals surface area contributed by atoms with E-state index in [1.54, 1.807) is 12.1 Å². The van der Waals surface area contributed by atoms with E-state index in [0.717, 1.165) is 5.56 Å². The van der Waals surface area contributed by atoms with E-state index in [2.05, 4.69) is 31.4 Å². The van der Waals surface area contributed by atoms with Crippen molar-refractivity contribution in [1.82, 2.24) is 10.6 Å². The Morgan fingerprint density at radius 2 is 1.50 bits per heavy atom. The molecule has 0 aliphatic rings. The first-order valence-corrected chi connectivity index (χ1v) is 9.52. The van der Waals surface area contributed by atoms with Gasteiger partial charge in [-0.2, -0.15) is 0 Å². The van der Waals surface area contributed by atoms with Crippen LogP contribution in [0.3, 0.4) is 0 Å². The summed E-state index contributed by atoms with van der Waals surface area (Å²) in [6.45, 7) is 10.1. The van der Waals surface area contributed by atoms with Crippen molar-refractivity contribution in [3.63, 3.8) is 0 Å². The summed E-state index contributed by atoms with van der Waals surface area (Å²) in [6, 6.07) is 5.29. The molecule has 0 fully saturated rings. The number of hydrogen-bond donors (Lipinski definition) is 4. The Bertz CT molecular complexity index is 677. The molecule has 0 spiro atoms. The number of benzene rings is 1. The van der Waals surface area contributed by atoms with E-state index in [1.807, 2.05) is 26.0 Å². The number of nitrogens with one attached hydrogen (secondary N) is 2. The molecule has 1 aromatic rings. The molecule has 2 atom stereocenters. The lowest BCUT2D eigenvalue weighted by molar-refractivity contribution is -0.143. The molecule has 1 rings (SSSR count). The molecule has 0 aliphatic heterocycles. The molecule has 28 heavy (non-hydrogen) atoms. The first-order valence-electron chi connectivity index (χ1n) is 9.52. The van der Waals surface area contributed by atoms with Crippen LogP contribution < -0.4 is 10.6 Å². The molecule has 0 aliphatic carbocycles.